The van der Waals surface area contributed by atoms with E-state index < -0.39 is 0 Å². The van der Waals surface area contributed by atoms with E-state index in [-0.39, 0.29) is 0 Å². The van der Waals surface area contributed by atoms with Gasteiger partial charge in [-0.1, -0.05) is 62.4 Å². The fourth-order valence-corrected chi connectivity index (χ4v) is 2.12. The van der Waals surface area contributed by atoms with E-state index in [0.717, 1.165) is 6.42 Å². The third-order valence-electron chi connectivity index (χ3n) is 3.54. The smallest absolute Gasteiger partial charge is 0.0130 e. The number of benzene rings is 1. The van der Waals surface area contributed by atoms with Crippen molar-refractivity contribution in [2.75, 3.05) is 0 Å². The molecule has 0 heterocycles. The molecular formula is C18H26. The monoisotopic (exact) mass is 242 g/mol. The van der Waals surface area contributed by atoms with Gasteiger partial charge in [0.05, 0.1) is 0 Å². The molecule has 0 aliphatic heterocycles. The molecule has 0 saturated carbocycles. The van der Waals surface area contributed by atoms with Gasteiger partial charge in [-0.3, -0.25) is 0 Å². The molecule has 0 aliphatic carbocycles. The number of allylic oxidation sites excluding steroid dienone is 3. The maximum Gasteiger partial charge on any atom is -0.0130 e. The van der Waals surface area contributed by atoms with Crippen molar-refractivity contribution in [1.82, 2.24) is 0 Å². The van der Waals surface area contributed by atoms with Crippen LogP contribution in [0.1, 0.15) is 51.0 Å². The van der Waals surface area contributed by atoms with Crippen LogP contribution in [0, 0.1) is 5.92 Å². The van der Waals surface area contributed by atoms with Crippen molar-refractivity contribution in [3.8, 4) is 0 Å². The summed E-state index contributed by atoms with van der Waals surface area (Å²) in [6, 6.07) is 10.8. The van der Waals surface area contributed by atoms with Crippen LogP contribution in [0.5, 0.6) is 0 Å². The first-order valence-corrected chi connectivity index (χ1v) is 7.10. The Hall–Kier alpha value is -1.30. The lowest BCUT2D eigenvalue weighted by Crippen LogP contribution is -1.95. The van der Waals surface area contributed by atoms with Crippen LogP contribution in [0.15, 0.2) is 55.1 Å². The van der Waals surface area contributed by atoms with Crippen molar-refractivity contribution in [3.63, 3.8) is 0 Å². The van der Waals surface area contributed by atoms with Crippen LogP contribution in [0.2, 0.25) is 0 Å². The topological polar surface area (TPSA) is 0 Å². The van der Waals surface area contributed by atoms with Gasteiger partial charge in [0.15, 0.2) is 0 Å². The normalized spacial score (nSPS) is 14.6. The lowest BCUT2D eigenvalue weighted by atomic mass is 9.93. The van der Waals surface area contributed by atoms with Gasteiger partial charge < -0.3 is 0 Å². The third-order valence-corrected chi connectivity index (χ3v) is 3.54. The van der Waals surface area contributed by atoms with E-state index in [0.29, 0.717) is 11.8 Å². The highest BCUT2D eigenvalue weighted by Crippen LogP contribution is 2.23. The van der Waals surface area contributed by atoms with Gasteiger partial charge in [0, 0.05) is 0 Å². The van der Waals surface area contributed by atoms with Crippen LogP contribution >= 0.6 is 0 Å². The predicted molar refractivity (Wildman–Crippen MR) is 81.8 cm³/mol. The van der Waals surface area contributed by atoms with Crippen molar-refractivity contribution in [2.24, 2.45) is 5.92 Å². The summed E-state index contributed by atoms with van der Waals surface area (Å²) in [6.07, 6.45) is 11.4. The molecule has 2 unspecified atom stereocenters. The quantitative estimate of drug-likeness (QED) is 0.511. The lowest BCUT2D eigenvalue weighted by molar-refractivity contribution is 0.650. The SMILES string of the molecule is C=CC(C)CC/C=C/CC(CC)c1ccccc1. The molecule has 0 fully saturated rings. The van der Waals surface area contributed by atoms with Gasteiger partial charge in [-0.25, -0.2) is 0 Å². The van der Waals surface area contributed by atoms with E-state index in [2.05, 4.69) is 62.9 Å². The maximum atomic E-state index is 3.82. The summed E-state index contributed by atoms with van der Waals surface area (Å²) in [5.74, 6) is 1.30. The van der Waals surface area contributed by atoms with Crippen LogP contribution in [0.4, 0.5) is 0 Å². The summed E-state index contributed by atoms with van der Waals surface area (Å²) in [6.45, 7) is 8.31. The van der Waals surface area contributed by atoms with Crippen LogP contribution in [-0.2, 0) is 0 Å². The van der Waals surface area contributed by atoms with E-state index in [9.17, 15) is 0 Å². The molecule has 98 valence electrons. The molecule has 0 heteroatoms. The van der Waals surface area contributed by atoms with Crippen LogP contribution in [0.3, 0.4) is 0 Å². The molecule has 1 rings (SSSR count). The van der Waals surface area contributed by atoms with E-state index in [1.54, 1.807) is 0 Å². The first kappa shape index (κ1) is 14.8. The highest BCUT2D eigenvalue weighted by Gasteiger charge is 2.05. The zero-order chi connectivity index (χ0) is 13.2. The van der Waals surface area contributed by atoms with E-state index in [1.165, 1.54) is 24.8 Å². The van der Waals surface area contributed by atoms with E-state index in [1.807, 2.05) is 6.08 Å². The van der Waals surface area contributed by atoms with Crippen molar-refractivity contribution in [1.29, 1.82) is 0 Å². The average Bonchev–Trinajstić information content (AvgIpc) is 2.43. The minimum Gasteiger partial charge on any atom is -0.103 e. The van der Waals surface area contributed by atoms with E-state index >= 15 is 0 Å². The van der Waals surface area contributed by atoms with Gasteiger partial charge in [-0.05, 0) is 43.1 Å². The van der Waals surface area contributed by atoms with Gasteiger partial charge >= 0.3 is 0 Å². The molecule has 0 saturated heterocycles. The molecular weight excluding hydrogens is 216 g/mol. The molecule has 2 atom stereocenters. The van der Waals surface area contributed by atoms with Gasteiger partial charge in [0.2, 0.25) is 0 Å². The van der Waals surface area contributed by atoms with E-state index in [4.69, 9.17) is 0 Å². The Morgan fingerprint density at radius 1 is 1.17 bits per heavy atom. The summed E-state index contributed by atoms with van der Waals surface area (Å²) >= 11 is 0. The van der Waals surface area contributed by atoms with Crippen LogP contribution in [-0.4, -0.2) is 0 Å². The zero-order valence-electron chi connectivity index (χ0n) is 11.8. The van der Waals surface area contributed by atoms with Gasteiger partial charge in [-0.2, -0.15) is 0 Å². The predicted octanol–water partition coefficient (Wildman–Crippen LogP) is 5.73. The van der Waals surface area contributed by atoms with Gasteiger partial charge in [0.25, 0.3) is 0 Å². The number of rotatable bonds is 8. The van der Waals surface area contributed by atoms with Crippen molar-refractivity contribution < 1.29 is 0 Å². The second-order valence-corrected chi connectivity index (χ2v) is 5.01. The summed E-state index contributed by atoms with van der Waals surface area (Å²) in [5.41, 5.74) is 1.46. The average molecular weight is 242 g/mol. The lowest BCUT2D eigenvalue weighted by Gasteiger charge is -2.12. The third kappa shape index (κ3) is 5.35. The molecule has 1 aromatic carbocycles. The van der Waals surface area contributed by atoms with Gasteiger partial charge in [0.1, 0.15) is 0 Å². The minimum atomic E-state index is 0.630. The number of hydrogen-bond acceptors (Lipinski definition) is 0. The molecule has 18 heavy (non-hydrogen) atoms. The Morgan fingerprint density at radius 3 is 2.50 bits per heavy atom. The second-order valence-electron chi connectivity index (χ2n) is 5.01. The Kier molecular flexibility index (Phi) is 7.17. The first-order chi connectivity index (χ1) is 8.77. The molecule has 0 amide bonds. The van der Waals surface area contributed by atoms with Crippen LogP contribution < -0.4 is 0 Å². The van der Waals surface area contributed by atoms with Gasteiger partial charge in [-0.15, -0.1) is 6.58 Å². The van der Waals surface area contributed by atoms with Crippen molar-refractivity contribution in [2.45, 2.75) is 45.4 Å². The molecule has 0 aromatic heterocycles. The standard InChI is InChI=1S/C18H26/c1-4-16(3)12-8-6-9-13-17(5-2)18-14-10-7-11-15-18/h4,6-7,9-11,14-17H,1,5,8,12-13H2,2-3H3/b9-6+. The summed E-state index contributed by atoms with van der Waals surface area (Å²) in [7, 11) is 0. The summed E-state index contributed by atoms with van der Waals surface area (Å²) < 4.78 is 0. The largest absolute Gasteiger partial charge is 0.103 e. The highest BCUT2D eigenvalue weighted by atomic mass is 14.1. The Morgan fingerprint density at radius 2 is 1.89 bits per heavy atom. The molecule has 0 nitrogen and oxygen atoms in total. The molecule has 0 spiro atoms. The molecule has 0 aliphatic rings. The Labute approximate surface area is 112 Å². The molecule has 0 radical (unpaired) electrons. The van der Waals surface area contributed by atoms with Crippen molar-refractivity contribution in [3.05, 3.63) is 60.7 Å². The summed E-state index contributed by atoms with van der Waals surface area (Å²) in [5, 5.41) is 0. The Balaban J connectivity index is 2.36. The highest BCUT2D eigenvalue weighted by molar-refractivity contribution is 5.20. The molecule has 0 N–H and O–H groups in total. The fraction of sp³-hybridized carbons (Fsp3) is 0.444. The minimum absolute atomic E-state index is 0.630. The second kappa shape index (κ2) is 8.74. The van der Waals surface area contributed by atoms with Crippen molar-refractivity contribution >= 4 is 0 Å². The maximum absolute atomic E-state index is 3.82. The zero-order valence-corrected chi connectivity index (χ0v) is 11.8. The number of hydrogen-bond donors (Lipinski definition) is 0. The Bertz CT molecular complexity index is 348. The fourth-order valence-electron chi connectivity index (χ4n) is 2.12. The first-order valence-electron chi connectivity index (χ1n) is 7.10. The summed E-state index contributed by atoms with van der Waals surface area (Å²) in [4.78, 5) is 0. The van der Waals surface area contributed by atoms with Crippen LogP contribution in [0.25, 0.3) is 0 Å². The molecule has 1 aromatic rings. The molecule has 0 bridgehead atoms.